The van der Waals surface area contributed by atoms with E-state index >= 15 is 0 Å². The normalized spacial score (nSPS) is 14.9. The number of benzene rings is 3. The summed E-state index contributed by atoms with van der Waals surface area (Å²) in [5.74, 6) is 0.871. The van der Waals surface area contributed by atoms with Gasteiger partial charge < -0.3 is 9.64 Å². The summed E-state index contributed by atoms with van der Waals surface area (Å²) in [7, 11) is 0. The first kappa shape index (κ1) is 20.5. The highest BCUT2D eigenvalue weighted by Crippen LogP contribution is 2.14. The summed E-state index contributed by atoms with van der Waals surface area (Å²) >= 11 is 5.97. The largest absolute Gasteiger partial charge is 0.489 e. The van der Waals surface area contributed by atoms with Gasteiger partial charge in [-0.2, -0.15) is 5.10 Å². The van der Waals surface area contributed by atoms with Crippen molar-refractivity contribution < 1.29 is 9.64 Å². The Bertz CT molecular complexity index is 934. The van der Waals surface area contributed by atoms with Crippen LogP contribution in [0.25, 0.3) is 0 Å². The number of hydrogen-bond donors (Lipinski definition) is 1. The Morgan fingerprint density at radius 3 is 2.27 bits per heavy atom. The lowest BCUT2D eigenvalue weighted by Crippen LogP contribution is -3.13. The highest BCUT2D eigenvalue weighted by atomic mass is 35.5. The molecule has 4 nitrogen and oxygen atoms in total. The Morgan fingerprint density at radius 1 is 0.867 bits per heavy atom. The van der Waals surface area contributed by atoms with Crippen LogP contribution in [0.15, 0.2) is 84.0 Å². The van der Waals surface area contributed by atoms with E-state index in [1.165, 1.54) is 11.1 Å². The van der Waals surface area contributed by atoms with Crippen molar-refractivity contribution in [2.75, 3.05) is 26.2 Å². The highest BCUT2D eigenvalue weighted by molar-refractivity contribution is 6.30. The van der Waals surface area contributed by atoms with Gasteiger partial charge >= 0.3 is 0 Å². The van der Waals surface area contributed by atoms with Gasteiger partial charge in [-0.3, -0.25) is 5.01 Å². The number of rotatable bonds is 7. The molecule has 0 aliphatic carbocycles. The minimum atomic E-state index is 0.580. The molecule has 0 saturated carbocycles. The van der Waals surface area contributed by atoms with Gasteiger partial charge in [0.25, 0.3) is 0 Å². The van der Waals surface area contributed by atoms with E-state index in [0.29, 0.717) is 6.61 Å². The number of piperazine rings is 1. The Hall–Kier alpha value is -2.82. The molecule has 0 spiro atoms. The molecule has 0 unspecified atom stereocenters. The molecule has 1 fully saturated rings. The van der Waals surface area contributed by atoms with Crippen LogP contribution >= 0.6 is 11.6 Å². The summed E-state index contributed by atoms with van der Waals surface area (Å²) in [4.78, 5) is 1.59. The first-order valence-electron chi connectivity index (χ1n) is 10.4. The first-order chi connectivity index (χ1) is 14.7. The van der Waals surface area contributed by atoms with Crippen molar-refractivity contribution in [1.82, 2.24) is 5.01 Å². The van der Waals surface area contributed by atoms with Crippen LogP contribution in [0.2, 0.25) is 5.02 Å². The van der Waals surface area contributed by atoms with Crippen molar-refractivity contribution in [3.63, 3.8) is 0 Å². The molecule has 0 aromatic heterocycles. The molecule has 0 amide bonds. The fourth-order valence-corrected chi connectivity index (χ4v) is 3.66. The van der Waals surface area contributed by atoms with Gasteiger partial charge in [-0.05, 0) is 47.5 Å². The second kappa shape index (κ2) is 10.3. The Morgan fingerprint density at radius 2 is 1.57 bits per heavy atom. The highest BCUT2D eigenvalue weighted by Gasteiger charge is 2.18. The SMILES string of the molecule is Clc1ccc(C[NH+]2CCN(/N=C/c3ccc(OCc4ccccc4)cc3)CC2)cc1. The van der Waals surface area contributed by atoms with E-state index in [1.54, 1.807) is 4.90 Å². The minimum Gasteiger partial charge on any atom is -0.489 e. The van der Waals surface area contributed by atoms with E-state index in [-0.39, 0.29) is 0 Å². The van der Waals surface area contributed by atoms with Gasteiger partial charge in [0.05, 0.1) is 32.4 Å². The van der Waals surface area contributed by atoms with Crippen LogP contribution in [-0.2, 0) is 13.2 Å². The average molecular weight is 421 g/mol. The molecule has 1 saturated heterocycles. The van der Waals surface area contributed by atoms with Crippen molar-refractivity contribution >= 4 is 17.8 Å². The second-order valence-electron chi connectivity index (χ2n) is 7.59. The van der Waals surface area contributed by atoms with Gasteiger partial charge in [0.2, 0.25) is 0 Å². The van der Waals surface area contributed by atoms with E-state index in [9.17, 15) is 0 Å². The summed E-state index contributed by atoms with van der Waals surface area (Å²) in [6.45, 7) is 5.74. The number of hydrazone groups is 1. The molecule has 1 aliphatic heterocycles. The number of quaternary nitrogens is 1. The van der Waals surface area contributed by atoms with Crippen molar-refractivity contribution in [2.24, 2.45) is 5.10 Å². The van der Waals surface area contributed by atoms with E-state index in [1.807, 2.05) is 60.8 Å². The molecule has 0 radical (unpaired) electrons. The van der Waals surface area contributed by atoms with Crippen molar-refractivity contribution in [2.45, 2.75) is 13.2 Å². The Kier molecular flexibility index (Phi) is 7.01. The van der Waals surface area contributed by atoms with Crippen LogP contribution in [0.1, 0.15) is 16.7 Å². The number of nitrogens with zero attached hydrogens (tertiary/aromatic N) is 2. The maximum Gasteiger partial charge on any atom is 0.119 e. The Balaban J connectivity index is 1.22. The van der Waals surface area contributed by atoms with E-state index < -0.39 is 0 Å². The molecule has 30 heavy (non-hydrogen) atoms. The standard InChI is InChI=1S/C25H26ClN3O/c26-24-10-6-22(7-11-24)19-28-14-16-29(17-15-28)27-18-21-8-12-25(13-9-21)30-20-23-4-2-1-3-5-23/h1-13,18H,14-17,19-20H2/p+1/b27-18+. The zero-order valence-electron chi connectivity index (χ0n) is 17.0. The lowest BCUT2D eigenvalue weighted by molar-refractivity contribution is -0.918. The first-order valence-corrected chi connectivity index (χ1v) is 10.8. The van der Waals surface area contributed by atoms with Crippen LogP contribution in [0.4, 0.5) is 0 Å². The predicted octanol–water partition coefficient (Wildman–Crippen LogP) is 3.65. The summed E-state index contributed by atoms with van der Waals surface area (Å²) in [6.07, 6.45) is 1.94. The van der Waals surface area contributed by atoms with Crippen LogP contribution in [-0.4, -0.2) is 37.4 Å². The third kappa shape index (κ3) is 6.09. The average Bonchev–Trinajstić information content (AvgIpc) is 2.80. The minimum absolute atomic E-state index is 0.580. The van der Waals surface area contributed by atoms with Gasteiger partial charge in [-0.15, -0.1) is 0 Å². The van der Waals surface area contributed by atoms with E-state index in [0.717, 1.165) is 49.1 Å². The number of nitrogens with one attached hydrogen (secondary N) is 1. The van der Waals surface area contributed by atoms with Crippen molar-refractivity contribution in [3.8, 4) is 5.75 Å². The maximum absolute atomic E-state index is 5.97. The smallest absolute Gasteiger partial charge is 0.119 e. The zero-order chi connectivity index (χ0) is 20.6. The zero-order valence-corrected chi connectivity index (χ0v) is 17.8. The summed E-state index contributed by atoms with van der Waals surface area (Å²) in [6, 6.07) is 26.5. The molecule has 3 aromatic carbocycles. The van der Waals surface area contributed by atoms with Crippen molar-refractivity contribution in [1.29, 1.82) is 0 Å². The number of hydrogen-bond acceptors (Lipinski definition) is 3. The molecule has 0 bridgehead atoms. The van der Waals surface area contributed by atoms with Crippen LogP contribution in [0, 0.1) is 0 Å². The fourth-order valence-electron chi connectivity index (χ4n) is 3.53. The van der Waals surface area contributed by atoms with Gasteiger partial charge in [0.15, 0.2) is 0 Å². The maximum atomic E-state index is 5.97. The molecule has 3 aromatic rings. The third-order valence-electron chi connectivity index (χ3n) is 5.31. The van der Waals surface area contributed by atoms with Crippen LogP contribution in [0.5, 0.6) is 5.75 Å². The van der Waals surface area contributed by atoms with Crippen LogP contribution < -0.4 is 9.64 Å². The number of halogens is 1. The third-order valence-corrected chi connectivity index (χ3v) is 5.56. The molecule has 1 aliphatic rings. The number of ether oxygens (including phenoxy) is 1. The molecule has 1 heterocycles. The van der Waals surface area contributed by atoms with Crippen molar-refractivity contribution in [3.05, 3.63) is 101 Å². The van der Waals surface area contributed by atoms with Crippen LogP contribution in [0.3, 0.4) is 0 Å². The lowest BCUT2D eigenvalue weighted by atomic mass is 10.2. The molecule has 0 atom stereocenters. The summed E-state index contributed by atoms with van der Waals surface area (Å²) in [5.41, 5.74) is 3.58. The molecule has 1 N–H and O–H groups in total. The Labute approximate surface area is 183 Å². The summed E-state index contributed by atoms with van der Waals surface area (Å²) < 4.78 is 5.84. The molecular weight excluding hydrogens is 394 g/mol. The predicted molar refractivity (Wildman–Crippen MR) is 122 cm³/mol. The van der Waals surface area contributed by atoms with Gasteiger partial charge in [0.1, 0.15) is 18.9 Å². The summed E-state index contributed by atoms with van der Waals surface area (Å²) in [5, 5.41) is 7.62. The quantitative estimate of drug-likeness (QED) is 0.591. The topological polar surface area (TPSA) is 29.3 Å². The van der Waals surface area contributed by atoms with E-state index in [2.05, 4.69) is 34.4 Å². The molecular formula is C25H27ClN3O+. The van der Waals surface area contributed by atoms with Gasteiger partial charge in [-0.25, -0.2) is 0 Å². The van der Waals surface area contributed by atoms with Gasteiger partial charge in [0, 0.05) is 10.6 Å². The molecule has 154 valence electrons. The second-order valence-corrected chi connectivity index (χ2v) is 8.03. The van der Waals surface area contributed by atoms with E-state index in [4.69, 9.17) is 16.3 Å². The molecule has 5 heteroatoms. The molecule has 4 rings (SSSR count). The lowest BCUT2D eigenvalue weighted by Gasteiger charge is -2.30. The van der Waals surface area contributed by atoms with Gasteiger partial charge in [-0.1, -0.05) is 54.1 Å². The monoisotopic (exact) mass is 420 g/mol. The fraction of sp³-hybridized carbons (Fsp3) is 0.240.